The van der Waals surface area contributed by atoms with Crippen LogP contribution in [0, 0.1) is 6.92 Å². The molecule has 0 radical (unpaired) electrons. The van der Waals surface area contributed by atoms with Crippen molar-refractivity contribution in [1.82, 2.24) is 4.98 Å². The standard InChI is InChI=1S/C22H17ClN2O2/c1-14-6-8-15(9-7-14)12-21(26)24-16-10-11-20-19(13-16)25-22(27-20)17-4-2-3-5-18(17)23/h2-11,13H,12H2,1H3,(H,24,26). The highest BCUT2D eigenvalue weighted by molar-refractivity contribution is 6.33. The molecule has 134 valence electrons. The Kier molecular flexibility index (Phi) is 4.65. The SMILES string of the molecule is Cc1ccc(CC(=O)Nc2ccc3oc(-c4ccccc4Cl)nc3c2)cc1. The van der Waals surface area contributed by atoms with Crippen LogP contribution in [0.25, 0.3) is 22.6 Å². The molecule has 0 aliphatic rings. The highest BCUT2D eigenvalue weighted by atomic mass is 35.5. The van der Waals surface area contributed by atoms with Gasteiger partial charge in [0.05, 0.1) is 17.0 Å². The fourth-order valence-electron chi connectivity index (χ4n) is 2.85. The van der Waals surface area contributed by atoms with Gasteiger partial charge in [-0.3, -0.25) is 4.79 Å². The number of anilines is 1. The van der Waals surface area contributed by atoms with Crippen LogP contribution in [0.5, 0.6) is 0 Å². The zero-order chi connectivity index (χ0) is 18.8. The maximum Gasteiger partial charge on any atom is 0.228 e. The number of oxazole rings is 1. The Balaban J connectivity index is 1.54. The first-order valence-corrected chi connectivity index (χ1v) is 8.97. The van der Waals surface area contributed by atoms with Crippen molar-refractivity contribution < 1.29 is 9.21 Å². The Morgan fingerprint density at radius 2 is 1.85 bits per heavy atom. The molecule has 0 saturated carbocycles. The highest BCUT2D eigenvalue weighted by Crippen LogP contribution is 2.30. The fraction of sp³-hybridized carbons (Fsp3) is 0.0909. The smallest absolute Gasteiger partial charge is 0.228 e. The van der Waals surface area contributed by atoms with Crippen LogP contribution in [0.2, 0.25) is 5.02 Å². The lowest BCUT2D eigenvalue weighted by Gasteiger charge is -2.05. The Bertz CT molecular complexity index is 1120. The lowest BCUT2D eigenvalue weighted by molar-refractivity contribution is -0.115. The van der Waals surface area contributed by atoms with E-state index in [1.807, 2.05) is 49.4 Å². The number of rotatable bonds is 4. The van der Waals surface area contributed by atoms with Gasteiger partial charge in [0, 0.05) is 5.69 Å². The Morgan fingerprint density at radius 1 is 1.07 bits per heavy atom. The van der Waals surface area contributed by atoms with Crippen LogP contribution in [-0.2, 0) is 11.2 Å². The Labute approximate surface area is 161 Å². The first-order valence-electron chi connectivity index (χ1n) is 8.59. The minimum Gasteiger partial charge on any atom is -0.436 e. The van der Waals surface area contributed by atoms with E-state index in [-0.39, 0.29) is 5.91 Å². The molecule has 1 N–H and O–H groups in total. The van der Waals surface area contributed by atoms with Gasteiger partial charge in [0.2, 0.25) is 11.8 Å². The van der Waals surface area contributed by atoms with E-state index in [0.29, 0.717) is 34.1 Å². The predicted octanol–water partition coefficient (Wildman–Crippen LogP) is 5.64. The van der Waals surface area contributed by atoms with Crippen molar-refractivity contribution >= 4 is 34.3 Å². The van der Waals surface area contributed by atoms with Gasteiger partial charge < -0.3 is 9.73 Å². The largest absolute Gasteiger partial charge is 0.436 e. The third-order valence-electron chi connectivity index (χ3n) is 4.26. The van der Waals surface area contributed by atoms with E-state index in [1.165, 1.54) is 5.56 Å². The summed E-state index contributed by atoms with van der Waals surface area (Å²) < 4.78 is 5.79. The van der Waals surface area contributed by atoms with Gasteiger partial charge in [-0.2, -0.15) is 0 Å². The number of aromatic nitrogens is 1. The third kappa shape index (κ3) is 3.86. The monoisotopic (exact) mass is 376 g/mol. The molecule has 1 heterocycles. The van der Waals surface area contributed by atoms with Crippen molar-refractivity contribution in [3.8, 4) is 11.5 Å². The Hall–Kier alpha value is -3.11. The van der Waals surface area contributed by atoms with Gasteiger partial charge in [0.15, 0.2) is 5.58 Å². The number of nitrogens with one attached hydrogen (secondary N) is 1. The summed E-state index contributed by atoms with van der Waals surface area (Å²) in [7, 11) is 0. The molecule has 0 aliphatic carbocycles. The molecule has 4 aromatic rings. The van der Waals surface area contributed by atoms with E-state index < -0.39 is 0 Å². The molecular weight excluding hydrogens is 360 g/mol. The minimum absolute atomic E-state index is 0.0759. The number of carbonyl (C=O) groups excluding carboxylic acids is 1. The van der Waals surface area contributed by atoms with Crippen LogP contribution in [0.4, 0.5) is 5.69 Å². The fourth-order valence-corrected chi connectivity index (χ4v) is 3.07. The quantitative estimate of drug-likeness (QED) is 0.501. The summed E-state index contributed by atoms with van der Waals surface area (Å²) in [6.07, 6.45) is 0.321. The third-order valence-corrected chi connectivity index (χ3v) is 4.59. The summed E-state index contributed by atoms with van der Waals surface area (Å²) in [6, 6.07) is 20.7. The summed E-state index contributed by atoms with van der Waals surface area (Å²) in [5.74, 6) is 0.381. The van der Waals surface area contributed by atoms with Crippen molar-refractivity contribution in [3.63, 3.8) is 0 Å². The van der Waals surface area contributed by atoms with Gasteiger partial charge in [-0.15, -0.1) is 0 Å². The molecule has 1 aromatic heterocycles. The van der Waals surface area contributed by atoms with Gasteiger partial charge in [0.1, 0.15) is 5.52 Å². The van der Waals surface area contributed by atoms with E-state index >= 15 is 0 Å². The lowest BCUT2D eigenvalue weighted by Crippen LogP contribution is -2.14. The molecule has 1 amide bonds. The van der Waals surface area contributed by atoms with Gasteiger partial charge in [0.25, 0.3) is 0 Å². The second-order valence-corrected chi connectivity index (χ2v) is 6.80. The van der Waals surface area contributed by atoms with Crippen LogP contribution in [0.1, 0.15) is 11.1 Å². The number of halogens is 1. The molecule has 0 fully saturated rings. The topological polar surface area (TPSA) is 55.1 Å². The van der Waals surface area contributed by atoms with Crippen molar-refractivity contribution in [1.29, 1.82) is 0 Å². The minimum atomic E-state index is -0.0759. The molecule has 4 nitrogen and oxygen atoms in total. The molecule has 4 rings (SSSR count). The molecule has 27 heavy (non-hydrogen) atoms. The van der Waals surface area contributed by atoms with E-state index in [2.05, 4.69) is 10.3 Å². The van der Waals surface area contributed by atoms with E-state index in [1.54, 1.807) is 24.3 Å². The predicted molar refractivity (Wildman–Crippen MR) is 108 cm³/mol. The summed E-state index contributed by atoms with van der Waals surface area (Å²) >= 11 is 6.22. The molecule has 0 atom stereocenters. The highest BCUT2D eigenvalue weighted by Gasteiger charge is 2.12. The number of nitrogens with zero attached hydrogens (tertiary/aromatic N) is 1. The van der Waals surface area contributed by atoms with Crippen LogP contribution in [0.3, 0.4) is 0 Å². The van der Waals surface area contributed by atoms with Crippen LogP contribution in [-0.4, -0.2) is 10.9 Å². The van der Waals surface area contributed by atoms with Gasteiger partial charge in [-0.1, -0.05) is 53.6 Å². The van der Waals surface area contributed by atoms with Crippen LogP contribution < -0.4 is 5.32 Å². The number of hydrogen-bond donors (Lipinski definition) is 1. The number of amides is 1. The second-order valence-electron chi connectivity index (χ2n) is 6.39. The van der Waals surface area contributed by atoms with Crippen molar-refractivity contribution in [2.45, 2.75) is 13.3 Å². The van der Waals surface area contributed by atoms with Crippen LogP contribution >= 0.6 is 11.6 Å². The average molecular weight is 377 g/mol. The van der Waals surface area contributed by atoms with Crippen LogP contribution in [0.15, 0.2) is 71.1 Å². The molecular formula is C22H17ClN2O2. The summed E-state index contributed by atoms with van der Waals surface area (Å²) in [5.41, 5.74) is 4.87. The summed E-state index contributed by atoms with van der Waals surface area (Å²) in [5, 5.41) is 3.49. The maximum absolute atomic E-state index is 12.3. The molecule has 5 heteroatoms. The lowest BCUT2D eigenvalue weighted by atomic mass is 10.1. The number of carbonyl (C=O) groups is 1. The van der Waals surface area contributed by atoms with Crippen molar-refractivity contribution in [3.05, 3.63) is 82.9 Å². The zero-order valence-corrected chi connectivity index (χ0v) is 15.5. The molecule has 0 bridgehead atoms. The molecule has 0 aliphatic heterocycles. The van der Waals surface area contributed by atoms with Gasteiger partial charge >= 0.3 is 0 Å². The van der Waals surface area contributed by atoms with Gasteiger partial charge in [-0.25, -0.2) is 4.98 Å². The summed E-state index contributed by atoms with van der Waals surface area (Å²) in [4.78, 5) is 16.8. The van der Waals surface area contributed by atoms with E-state index in [0.717, 1.165) is 11.1 Å². The number of aryl methyl sites for hydroxylation is 1. The molecule has 0 saturated heterocycles. The van der Waals surface area contributed by atoms with E-state index in [4.69, 9.17) is 16.0 Å². The number of benzene rings is 3. The van der Waals surface area contributed by atoms with Crippen molar-refractivity contribution in [2.75, 3.05) is 5.32 Å². The molecule has 0 spiro atoms. The second kappa shape index (κ2) is 7.25. The first kappa shape index (κ1) is 17.3. The molecule has 3 aromatic carbocycles. The van der Waals surface area contributed by atoms with Gasteiger partial charge in [-0.05, 0) is 42.8 Å². The number of fused-ring (bicyclic) bond motifs is 1. The first-order chi connectivity index (χ1) is 13.1. The molecule has 0 unspecified atom stereocenters. The Morgan fingerprint density at radius 3 is 2.63 bits per heavy atom. The van der Waals surface area contributed by atoms with E-state index in [9.17, 15) is 4.79 Å². The maximum atomic E-state index is 12.3. The van der Waals surface area contributed by atoms with Crippen molar-refractivity contribution in [2.24, 2.45) is 0 Å². The number of hydrogen-bond acceptors (Lipinski definition) is 3. The zero-order valence-electron chi connectivity index (χ0n) is 14.7. The summed E-state index contributed by atoms with van der Waals surface area (Å²) in [6.45, 7) is 2.02. The average Bonchev–Trinajstić information content (AvgIpc) is 3.07. The normalized spacial score (nSPS) is 10.9.